The summed E-state index contributed by atoms with van der Waals surface area (Å²) in [4.78, 5) is 11.8. The number of carbonyl (C=O) groups excluding carboxylic acids is 1. The number of Topliss-reactive ketones (excluding diaryl/α,β-unsaturated/α-hetero) is 1. The second kappa shape index (κ2) is 5.25. The van der Waals surface area contributed by atoms with Gasteiger partial charge in [0, 0.05) is 16.5 Å². The van der Waals surface area contributed by atoms with Crippen molar-refractivity contribution >= 4 is 23.4 Å². The molecular weight excluding hydrogens is 192 g/mol. The maximum atomic E-state index is 11.8. The van der Waals surface area contributed by atoms with Gasteiger partial charge in [-0.2, -0.15) is 0 Å². The van der Waals surface area contributed by atoms with Crippen molar-refractivity contribution in [3.63, 3.8) is 0 Å². The van der Waals surface area contributed by atoms with Gasteiger partial charge in [-0.05, 0) is 0 Å². The molecule has 1 aromatic carbocycles. The van der Waals surface area contributed by atoms with Gasteiger partial charge in [0.1, 0.15) is 0 Å². The predicted molar refractivity (Wildman–Crippen MR) is 62.7 cm³/mol. The summed E-state index contributed by atoms with van der Waals surface area (Å²) < 4.78 is 0. The fraction of sp³-hybridized carbons (Fsp3) is 0. The van der Waals surface area contributed by atoms with Crippen molar-refractivity contribution in [2.75, 3.05) is 0 Å². The molecule has 0 aliphatic carbocycles. The minimum atomic E-state index is -0.0690. The van der Waals surface area contributed by atoms with Gasteiger partial charge in [0.2, 0.25) is 0 Å². The highest BCUT2D eigenvalue weighted by Gasteiger charge is 2.07. The summed E-state index contributed by atoms with van der Waals surface area (Å²) in [6.07, 6.45) is 3.17. The van der Waals surface area contributed by atoms with Gasteiger partial charge in [-0.1, -0.05) is 61.3 Å². The van der Waals surface area contributed by atoms with Crippen LogP contribution in [0.1, 0.15) is 10.4 Å². The summed E-state index contributed by atoms with van der Waals surface area (Å²) in [5.74, 6) is -0.0690. The van der Waals surface area contributed by atoms with E-state index in [1.165, 1.54) is 5.37 Å². The minimum absolute atomic E-state index is 0.0690. The van der Waals surface area contributed by atoms with Crippen LogP contribution in [-0.4, -0.2) is 11.2 Å². The van der Waals surface area contributed by atoms with Crippen molar-refractivity contribution in [1.29, 1.82) is 0 Å². The number of ketones is 1. The molecule has 1 rings (SSSR count). The molecule has 0 heterocycles. The molecule has 0 fully saturated rings. The number of allylic oxidation sites excluding steroid dienone is 3. The number of rotatable bonds is 4. The zero-order valence-corrected chi connectivity index (χ0v) is 8.46. The van der Waals surface area contributed by atoms with Crippen molar-refractivity contribution in [2.45, 2.75) is 0 Å². The molecule has 0 aliphatic heterocycles. The minimum Gasteiger partial charge on any atom is -0.289 e. The summed E-state index contributed by atoms with van der Waals surface area (Å²) in [5.41, 5.74) is 1.13. The molecule has 14 heavy (non-hydrogen) atoms. The number of carbonyl (C=O) groups is 1. The molecule has 2 heteroatoms. The first-order chi connectivity index (χ1) is 6.79. The maximum absolute atomic E-state index is 11.8. The molecule has 0 unspecified atom stereocenters. The largest absolute Gasteiger partial charge is 0.289 e. The second-order valence-electron chi connectivity index (χ2n) is 2.67. The Labute approximate surface area is 88.8 Å². The van der Waals surface area contributed by atoms with E-state index in [0.717, 1.165) is 0 Å². The quantitative estimate of drug-likeness (QED) is 0.323. The molecule has 0 amide bonds. The van der Waals surface area contributed by atoms with Crippen LogP contribution < -0.4 is 0 Å². The maximum Gasteiger partial charge on any atom is 0.193 e. The molecule has 0 N–H and O–H groups in total. The van der Waals surface area contributed by atoms with Crippen molar-refractivity contribution in [1.82, 2.24) is 0 Å². The summed E-state index contributed by atoms with van der Waals surface area (Å²) in [6, 6.07) is 9.03. The van der Waals surface area contributed by atoms with Crippen LogP contribution in [0.25, 0.3) is 0 Å². The zero-order valence-electron chi connectivity index (χ0n) is 7.64. The molecule has 0 spiro atoms. The number of hydrogen-bond acceptors (Lipinski definition) is 2. The van der Waals surface area contributed by atoms with Gasteiger partial charge in [0.15, 0.2) is 5.78 Å². The van der Waals surface area contributed by atoms with Crippen LogP contribution in [0.3, 0.4) is 0 Å². The average molecular weight is 202 g/mol. The van der Waals surface area contributed by atoms with Gasteiger partial charge in [0.25, 0.3) is 0 Å². The molecular formula is C12H10OS. The van der Waals surface area contributed by atoms with Crippen molar-refractivity contribution in [2.24, 2.45) is 0 Å². The van der Waals surface area contributed by atoms with Crippen LogP contribution in [0.2, 0.25) is 0 Å². The van der Waals surface area contributed by atoms with E-state index in [2.05, 4.69) is 6.58 Å². The van der Waals surface area contributed by atoms with Crippen LogP contribution in [0.4, 0.5) is 0 Å². The van der Waals surface area contributed by atoms with Crippen LogP contribution in [0, 0.1) is 0 Å². The Hall–Kier alpha value is -1.54. The predicted octanol–water partition coefficient (Wildman–Crippen LogP) is 2.98. The fourth-order valence-corrected chi connectivity index (χ4v) is 1.24. The van der Waals surface area contributed by atoms with Crippen LogP contribution >= 0.6 is 12.2 Å². The monoisotopic (exact) mass is 202 g/mol. The number of thiocarbonyl (C=S) groups is 1. The summed E-state index contributed by atoms with van der Waals surface area (Å²) in [7, 11) is 0. The number of benzene rings is 1. The smallest absolute Gasteiger partial charge is 0.193 e. The Bertz CT molecular complexity index is 377. The Morgan fingerprint density at radius 2 is 1.93 bits per heavy atom. The number of hydrogen-bond donors (Lipinski definition) is 0. The summed E-state index contributed by atoms with van der Waals surface area (Å²) in [6.45, 7) is 3.53. The molecule has 0 bridgehead atoms. The van der Waals surface area contributed by atoms with Gasteiger partial charge < -0.3 is 0 Å². The van der Waals surface area contributed by atoms with Gasteiger partial charge >= 0.3 is 0 Å². The lowest BCUT2D eigenvalue weighted by Gasteiger charge is -1.99. The Kier molecular flexibility index (Phi) is 3.95. The van der Waals surface area contributed by atoms with E-state index in [1.807, 2.05) is 18.2 Å². The topological polar surface area (TPSA) is 17.1 Å². The molecule has 70 valence electrons. The van der Waals surface area contributed by atoms with E-state index in [0.29, 0.717) is 11.1 Å². The Morgan fingerprint density at radius 3 is 2.43 bits per heavy atom. The summed E-state index contributed by atoms with van der Waals surface area (Å²) in [5, 5.41) is 1.37. The van der Waals surface area contributed by atoms with Crippen LogP contribution in [-0.2, 0) is 0 Å². The normalized spacial score (nSPS) is 10.7. The third kappa shape index (κ3) is 2.47. The van der Waals surface area contributed by atoms with E-state index in [-0.39, 0.29) is 5.78 Å². The van der Waals surface area contributed by atoms with Crippen molar-refractivity contribution in [3.05, 3.63) is 60.2 Å². The zero-order chi connectivity index (χ0) is 10.4. The third-order valence-electron chi connectivity index (χ3n) is 1.72. The second-order valence-corrected chi connectivity index (χ2v) is 2.91. The SMILES string of the molecule is C=C/C=C(\C=S)C(=O)c1ccccc1. The van der Waals surface area contributed by atoms with E-state index in [9.17, 15) is 4.79 Å². The van der Waals surface area contributed by atoms with Crippen LogP contribution in [0.15, 0.2) is 54.6 Å². The molecule has 0 radical (unpaired) electrons. The van der Waals surface area contributed by atoms with E-state index < -0.39 is 0 Å². The van der Waals surface area contributed by atoms with Gasteiger partial charge in [0.05, 0.1) is 0 Å². The molecule has 1 nitrogen and oxygen atoms in total. The molecule has 0 saturated carbocycles. The van der Waals surface area contributed by atoms with E-state index >= 15 is 0 Å². The van der Waals surface area contributed by atoms with Gasteiger partial charge in [-0.25, -0.2) is 0 Å². The first kappa shape index (κ1) is 10.5. The van der Waals surface area contributed by atoms with Crippen molar-refractivity contribution in [3.8, 4) is 0 Å². The average Bonchev–Trinajstić information content (AvgIpc) is 2.26. The lowest BCUT2D eigenvalue weighted by Crippen LogP contribution is -2.03. The highest BCUT2D eigenvalue weighted by atomic mass is 32.1. The first-order valence-corrected chi connectivity index (χ1v) is 4.64. The van der Waals surface area contributed by atoms with Crippen LogP contribution in [0.5, 0.6) is 0 Å². The van der Waals surface area contributed by atoms with Crippen molar-refractivity contribution < 1.29 is 4.79 Å². The lowest BCUT2D eigenvalue weighted by atomic mass is 10.0. The highest BCUT2D eigenvalue weighted by molar-refractivity contribution is 7.79. The standard InChI is InChI=1S/C12H10OS/c1-2-6-11(9-14)12(13)10-7-4-3-5-8-10/h2-9H,1H2/b11-6+. The Morgan fingerprint density at radius 1 is 1.29 bits per heavy atom. The first-order valence-electron chi connectivity index (χ1n) is 4.17. The molecule has 0 aliphatic rings. The fourth-order valence-electron chi connectivity index (χ4n) is 1.05. The summed E-state index contributed by atoms with van der Waals surface area (Å²) >= 11 is 4.75. The van der Waals surface area contributed by atoms with E-state index in [4.69, 9.17) is 12.2 Å². The third-order valence-corrected chi connectivity index (χ3v) is 1.98. The molecule has 0 atom stereocenters. The molecule has 0 saturated heterocycles. The van der Waals surface area contributed by atoms with Gasteiger partial charge in [-0.15, -0.1) is 0 Å². The molecule has 0 aromatic heterocycles. The Balaban J connectivity index is 3.01. The molecule has 1 aromatic rings. The highest BCUT2D eigenvalue weighted by Crippen LogP contribution is 2.06. The van der Waals surface area contributed by atoms with Gasteiger partial charge in [-0.3, -0.25) is 4.79 Å². The lowest BCUT2D eigenvalue weighted by molar-refractivity contribution is 0.104. The van der Waals surface area contributed by atoms with E-state index in [1.54, 1.807) is 24.3 Å².